The van der Waals surface area contributed by atoms with E-state index in [1.807, 2.05) is 6.92 Å². The Balaban J connectivity index is 4.22. The molecule has 0 aliphatic rings. The lowest BCUT2D eigenvalue weighted by atomic mass is 10.1. The lowest BCUT2D eigenvalue weighted by Gasteiger charge is -2.28. The number of esters is 1. The van der Waals surface area contributed by atoms with Crippen LogP contribution < -0.4 is 0 Å². The standard InChI is InChI=1S/C8H16O4S2/c1-3-4-6(9)11-7(12-14)8(2,10)5-13/h7,10,13-14H,3-5H2,1-2H3. The number of aliphatic hydroxyl groups is 1. The van der Waals surface area contributed by atoms with E-state index in [9.17, 15) is 9.90 Å². The van der Waals surface area contributed by atoms with Crippen LogP contribution in [0.3, 0.4) is 0 Å². The molecule has 0 bridgehead atoms. The van der Waals surface area contributed by atoms with Crippen LogP contribution >= 0.6 is 25.5 Å². The van der Waals surface area contributed by atoms with Crippen molar-refractivity contribution >= 4 is 31.5 Å². The molecule has 0 heterocycles. The molecule has 0 fully saturated rings. The Kier molecular flexibility index (Phi) is 6.59. The molecule has 4 nitrogen and oxygen atoms in total. The van der Waals surface area contributed by atoms with Crippen LogP contribution in [-0.2, 0) is 13.7 Å². The number of thiol groups is 2. The number of ether oxygens (including phenoxy) is 1. The summed E-state index contributed by atoms with van der Waals surface area (Å²) < 4.78 is 9.43. The summed E-state index contributed by atoms with van der Waals surface area (Å²) in [7, 11) is 0. The predicted molar refractivity (Wildman–Crippen MR) is 59.3 cm³/mol. The monoisotopic (exact) mass is 240 g/mol. The van der Waals surface area contributed by atoms with Crippen molar-refractivity contribution < 1.29 is 18.8 Å². The first-order valence-electron chi connectivity index (χ1n) is 4.30. The third-order valence-electron chi connectivity index (χ3n) is 1.62. The molecule has 2 unspecified atom stereocenters. The highest BCUT2D eigenvalue weighted by Crippen LogP contribution is 2.18. The first-order chi connectivity index (χ1) is 6.47. The largest absolute Gasteiger partial charge is 0.431 e. The third-order valence-corrected chi connectivity index (χ3v) is 2.45. The topological polar surface area (TPSA) is 55.8 Å². The van der Waals surface area contributed by atoms with Gasteiger partial charge < -0.3 is 9.84 Å². The molecular formula is C8H16O4S2. The zero-order chi connectivity index (χ0) is 11.2. The van der Waals surface area contributed by atoms with Gasteiger partial charge in [-0.3, -0.25) is 8.98 Å². The molecular weight excluding hydrogens is 224 g/mol. The van der Waals surface area contributed by atoms with Gasteiger partial charge in [0, 0.05) is 12.2 Å². The lowest BCUT2D eigenvalue weighted by molar-refractivity contribution is -0.192. The fourth-order valence-electron chi connectivity index (χ4n) is 0.719. The van der Waals surface area contributed by atoms with Crippen LogP contribution in [0.25, 0.3) is 0 Å². The molecule has 0 spiro atoms. The van der Waals surface area contributed by atoms with E-state index in [2.05, 4.69) is 29.7 Å². The lowest BCUT2D eigenvalue weighted by Crippen LogP contribution is -2.44. The van der Waals surface area contributed by atoms with E-state index < -0.39 is 17.9 Å². The van der Waals surface area contributed by atoms with Gasteiger partial charge in [-0.05, 0) is 26.3 Å². The Morgan fingerprint density at radius 1 is 1.64 bits per heavy atom. The highest BCUT2D eigenvalue weighted by atomic mass is 32.1. The fourth-order valence-corrected chi connectivity index (χ4v) is 1.14. The number of hydrogen-bond donors (Lipinski definition) is 3. The van der Waals surface area contributed by atoms with Gasteiger partial charge in [-0.15, -0.1) is 0 Å². The number of hydrogen-bond acceptors (Lipinski definition) is 6. The van der Waals surface area contributed by atoms with Gasteiger partial charge >= 0.3 is 5.97 Å². The highest BCUT2D eigenvalue weighted by molar-refractivity contribution is 7.80. The summed E-state index contributed by atoms with van der Waals surface area (Å²) in [6.07, 6.45) is -0.125. The minimum Gasteiger partial charge on any atom is -0.431 e. The Labute approximate surface area is 95.0 Å². The summed E-state index contributed by atoms with van der Waals surface area (Å²) in [6, 6.07) is 0. The van der Waals surface area contributed by atoms with Gasteiger partial charge in [0.25, 0.3) is 0 Å². The summed E-state index contributed by atoms with van der Waals surface area (Å²) >= 11 is 7.45. The predicted octanol–water partition coefficient (Wildman–Crippen LogP) is 1.20. The van der Waals surface area contributed by atoms with Crippen LogP contribution in [0.1, 0.15) is 26.7 Å². The fraction of sp³-hybridized carbons (Fsp3) is 0.875. The van der Waals surface area contributed by atoms with Crippen LogP contribution in [0.4, 0.5) is 0 Å². The summed E-state index contributed by atoms with van der Waals surface area (Å²) in [6.45, 7) is 3.31. The molecule has 1 N–H and O–H groups in total. The second-order valence-electron chi connectivity index (χ2n) is 3.19. The van der Waals surface area contributed by atoms with Gasteiger partial charge in [0.1, 0.15) is 5.60 Å². The van der Waals surface area contributed by atoms with Crippen molar-refractivity contribution in [2.45, 2.75) is 38.6 Å². The molecule has 0 aromatic carbocycles. The van der Waals surface area contributed by atoms with Crippen LogP contribution in [-0.4, -0.2) is 28.7 Å². The van der Waals surface area contributed by atoms with Crippen molar-refractivity contribution in [3.63, 3.8) is 0 Å². The molecule has 6 heteroatoms. The molecule has 0 rings (SSSR count). The maximum Gasteiger partial charge on any atom is 0.308 e. The normalized spacial score (nSPS) is 17.2. The molecule has 0 saturated carbocycles. The SMILES string of the molecule is CCCC(=O)OC(OS)C(C)(O)CS. The number of carbonyl (C=O) groups is 1. The van der Waals surface area contributed by atoms with Crippen LogP contribution in [0.2, 0.25) is 0 Å². The van der Waals surface area contributed by atoms with E-state index in [4.69, 9.17) is 4.74 Å². The summed E-state index contributed by atoms with van der Waals surface area (Å²) in [5.74, 6) is -0.314. The first kappa shape index (κ1) is 14.1. The first-order valence-corrected chi connectivity index (χ1v) is 5.30. The minimum atomic E-state index is -1.34. The van der Waals surface area contributed by atoms with E-state index in [0.717, 1.165) is 0 Å². The average molecular weight is 240 g/mol. The van der Waals surface area contributed by atoms with Gasteiger partial charge in [-0.2, -0.15) is 12.6 Å². The van der Waals surface area contributed by atoms with Crippen molar-refractivity contribution in [3.8, 4) is 0 Å². The molecule has 84 valence electrons. The molecule has 0 aliphatic heterocycles. The third kappa shape index (κ3) is 4.54. The van der Waals surface area contributed by atoms with E-state index in [0.29, 0.717) is 6.42 Å². The minimum absolute atomic E-state index is 0.109. The summed E-state index contributed by atoms with van der Waals surface area (Å²) in [5, 5.41) is 9.67. The van der Waals surface area contributed by atoms with Crippen molar-refractivity contribution in [1.82, 2.24) is 0 Å². The maximum atomic E-state index is 11.1. The van der Waals surface area contributed by atoms with Crippen molar-refractivity contribution in [2.75, 3.05) is 5.75 Å². The Bertz CT molecular complexity index is 184. The molecule has 0 aliphatic carbocycles. The summed E-state index contributed by atoms with van der Waals surface area (Å²) in [5.41, 5.74) is -1.34. The van der Waals surface area contributed by atoms with Gasteiger partial charge in [0.15, 0.2) is 0 Å². The number of carbonyl (C=O) groups excluding carboxylic acids is 1. The van der Waals surface area contributed by atoms with Gasteiger partial charge in [-0.1, -0.05) is 6.92 Å². The Hall–Kier alpha value is 0.0900. The van der Waals surface area contributed by atoms with Crippen LogP contribution in [0, 0.1) is 0 Å². The highest BCUT2D eigenvalue weighted by Gasteiger charge is 2.34. The van der Waals surface area contributed by atoms with E-state index in [-0.39, 0.29) is 12.2 Å². The molecule has 0 radical (unpaired) electrons. The summed E-state index contributed by atoms with van der Waals surface area (Å²) in [4.78, 5) is 11.1. The van der Waals surface area contributed by atoms with Crippen molar-refractivity contribution in [1.29, 1.82) is 0 Å². The van der Waals surface area contributed by atoms with Crippen molar-refractivity contribution in [2.24, 2.45) is 0 Å². The van der Waals surface area contributed by atoms with Crippen molar-refractivity contribution in [3.05, 3.63) is 0 Å². The molecule has 0 saturated heterocycles. The van der Waals surface area contributed by atoms with Crippen LogP contribution in [0.5, 0.6) is 0 Å². The quantitative estimate of drug-likeness (QED) is 0.283. The number of rotatable bonds is 6. The zero-order valence-corrected chi connectivity index (χ0v) is 10.1. The Morgan fingerprint density at radius 3 is 2.57 bits per heavy atom. The van der Waals surface area contributed by atoms with Gasteiger partial charge in [0.05, 0.1) is 0 Å². The van der Waals surface area contributed by atoms with E-state index >= 15 is 0 Å². The molecule has 14 heavy (non-hydrogen) atoms. The van der Waals surface area contributed by atoms with Crippen LogP contribution in [0.15, 0.2) is 0 Å². The second-order valence-corrected chi connectivity index (χ2v) is 3.72. The molecule has 0 amide bonds. The molecule has 0 aromatic rings. The molecule has 0 aromatic heterocycles. The smallest absolute Gasteiger partial charge is 0.308 e. The van der Waals surface area contributed by atoms with E-state index in [1.54, 1.807) is 0 Å². The average Bonchev–Trinajstić information content (AvgIpc) is 2.14. The van der Waals surface area contributed by atoms with Gasteiger partial charge in [0.2, 0.25) is 6.29 Å². The zero-order valence-electron chi connectivity index (χ0n) is 8.27. The maximum absolute atomic E-state index is 11.1. The second kappa shape index (κ2) is 6.55. The Morgan fingerprint density at radius 2 is 2.21 bits per heavy atom. The van der Waals surface area contributed by atoms with E-state index in [1.165, 1.54) is 6.92 Å². The van der Waals surface area contributed by atoms with Gasteiger partial charge in [-0.25, -0.2) is 0 Å². The molecule has 2 atom stereocenters.